The van der Waals surface area contributed by atoms with Crippen LogP contribution in [0.25, 0.3) is 11.0 Å². The lowest BCUT2D eigenvalue weighted by molar-refractivity contribution is 0.0652. The van der Waals surface area contributed by atoms with Gasteiger partial charge in [-0.15, -0.1) is 0 Å². The van der Waals surface area contributed by atoms with Crippen LogP contribution in [0.4, 0.5) is 0 Å². The number of fused-ring (bicyclic) bond motifs is 1. The van der Waals surface area contributed by atoms with Gasteiger partial charge in [0.1, 0.15) is 10.9 Å². The number of benzene rings is 2. The maximum absolute atomic E-state index is 12.6. The Hall–Kier alpha value is -2.51. The van der Waals surface area contributed by atoms with Crippen molar-refractivity contribution < 1.29 is 13.2 Å². The van der Waals surface area contributed by atoms with E-state index < -0.39 is 15.1 Å². The first-order chi connectivity index (χ1) is 12.4. The summed E-state index contributed by atoms with van der Waals surface area (Å²) in [5.74, 6) is -0.314. The van der Waals surface area contributed by atoms with Crippen LogP contribution in [0.2, 0.25) is 5.02 Å². The molecular weight excluding hydrogens is 374 g/mol. The minimum atomic E-state index is -3.49. The summed E-state index contributed by atoms with van der Waals surface area (Å²) < 4.78 is 25.2. The molecule has 6 nitrogen and oxygen atoms in total. The van der Waals surface area contributed by atoms with Crippen molar-refractivity contribution in [1.82, 2.24) is 14.9 Å². The van der Waals surface area contributed by atoms with Crippen LogP contribution >= 0.6 is 11.6 Å². The highest BCUT2D eigenvalue weighted by Gasteiger charge is 2.41. The first-order valence-corrected chi connectivity index (χ1v) is 9.88. The summed E-state index contributed by atoms with van der Waals surface area (Å²) in [4.78, 5) is 22.8. The standard InChI is InChI=1S/C18H14ClN3O3S/c19-12-5-7-13(8-6-12)26(24,25)14-10-22(11-14)18(23)17-9-20-15-3-1-2-4-16(15)21-17/h1-9,14H,10-11H2. The number of nitrogens with zero attached hydrogens (tertiary/aromatic N) is 3. The molecule has 0 N–H and O–H groups in total. The summed E-state index contributed by atoms with van der Waals surface area (Å²) in [6.07, 6.45) is 1.42. The zero-order chi connectivity index (χ0) is 18.3. The highest BCUT2D eigenvalue weighted by atomic mass is 35.5. The Balaban J connectivity index is 1.49. The summed E-state index contributed by atoms with van der Waals surface area (Å²) in [5.41, 5.74) is 1.55. The first-order valence-electron chi connectivity index (χ1n) is 7.96. The topological polar surface area (TPSA) is 80.2 Å². The summed E-state index contributed by atoms with van der Waals surface area (Å²) in [6, 6.07) is 13.3. The number of rotatable bonds is 3. The van der Waals surface area contributed by atoms with E-state index in [4.69, 9.17) is 11.6 Å². The molecule has 0 unspecified atom stereocenters. The van der Waals surface area contributed by atoms with Crippen molar-refractivity contribution in [2.45, 2.75) is 10.1 Å². The monoisotopic (exact) mass is 387 g/mol. The molecule has 0 spiro atoms. The Morgan fingerprint density at radius 3 is 2.38 bits per heavy atom. The number of carbonyl (C=O) groups excluding carboxylic acids is 1. The molecule has 3 aromatic rings. The van der Waals surface area contributed by atoms with E-state index in [9.17, 15) is 13.2 Å². The van der Waals surface area contributed by atoms with E-state index >= 15 is 0 Å². The van der Waals surface area contributed by atoms with Gasteiger partial charge in [0.05, 0.1) is 22.1 Å². The molecule has 1 aromatic heterocycles. The number of para-hydroxylation sites is 2. The van der Waals surface area contributed by atoms with Gasteiger partial charge in [-0.05, 0) is 36.4 Å². The van der Waals surface area contributed by atoms with Gasteiger partial charge in [-0.1, -0.05) is 23.7 Å². The number of aromatic nitrogens is 2. The molecule has 2 heterocycles. The molecule has 8 heteroatoms. The van der Waals surface area contributed by atoms with E-state index in [0.717, 1.165) is 0 Å². The highest BCUT2D eigenvalue weighted by molar-refractivity contribution is 7.92. The van der Waals surface area contributed by atoms with E-state index in [-0.39, 0.29) is 29.6 Å². The number of hydrogen-bond acceptors (Lipinski definition) is 5. The summed E-state index contributed by atoms with van der Waals surface area (Å²) in [5, 5.41) is -0.148. The number of halogens is 1. The predicted octanol–water partition coefficient (Wildman–Crippen LogP) is 2.58. The lowest BCUT2D eigenvalue weighted by atomic mass is 10.2. The zero-order valence-corrected chi connectivity index (χ0v) is 15.1. The van der Waals surface area contributed by atoms with Gasteiger partial charge in [-0.2, -0.15) is 0 Å². The van der Waals surface area contributed by atoms with E-state index in [1.807, 2.05) is 18.2 Å². The molecule has 1 saturated heterocycles. The molecule has 4 rings (SSSR count). The molecule has 26 heavy (non-hydrogen) atoms. The molecule has 132 valence electrons. The largest absolute Gasteiger partial charge is 0.334 e. The quantitative estimate of drug-likeness (QED) is 0.690. The smallest absolute Gasteiger partial charge is 0.274 e. The highest BCUT2D eigenvalue weighted by Crippen LogP contribution is 2.26. The summed E-state index contributed by atoms with van der Waals surface area (Å²) in [7, 11) is -3.49. The van der Waals surface area contributed by atoms with Crippen LogP contribution < -0.4 is 0 Å². The van der Waals surface area contributed by atoms with Gasteiger partial charge in [0.25, 0.3) is 5.91 Å². The second-order valence-electron chi connectivity index (χ2n) is 6.08. The van der Waals surface area contributed by atoms with Gasteiger partial charge in [0, 0.05) is 18.1 Å². The Labute approximate surface area is 155 Å². The average Bonchev–Trinajstić information content (AvgIpc) is 2.60. The summed E-state index contributed by atoms with van der Waals surface area (Å²) in [6.45, 7) is 0.274. The third kappa shape index (κ3) is 2.93. The van der Waals surface area contributed by atoms with Crippen LogP contribution in [-0.2, 0) is 9.84 Å². The summed E-state index contributed by atoms with van der Waals surface area (Å²) >= 11 is 5.80. The second kappa shape index (κ2) is 6.34. The van der Waals surface area contributed by atoms with Crippen LogP contribution in [0.3, 0.4) is 0 Å². The van der Waals surface area contributed by atoms with Gasteiger partial charge < -0.3 is 4.90 Å². The lowest BCUT2D eigenvalue weighted by Gasteiger charge is -2.38. The SMILES string of the molecule is O=C(c1cnc2ccccc2n1)N1CC(S(=O)(=O)c2ccc(Cl)cc2)C1. The Morgan fingerprint density at radius 2 is 1.69 bits per heavy atom. The maximum Gasteiger partial charge on any atom is 0.274 e. The molecule has 0 saturated carbocycles. The van der Waals surface area contributed by atoms with Crippen molar-refractivity contribution in [3.05, 3.63) is 65.4 Å². The second-order valence-corrected chi connectivity index (χ2v) is 8.74. The van der Waals surface area contributed by atoms with E-state index in [0.29, 0.717) is 16.1 Å². The van der Waals surface area contributed by atoms with Crippen molar-refractivity contribution in [3.63, 3.8) is 0 Å². The third-order valence-electron chi connectivity index (χ3n) is 4.38. The Kier molecular flexibility index (Phi) is 4.13. The average molecular weight is 388 g/mol. The molecule has 0 atom stereocenters. The third-order valence-corrected chi connectivity index (χ3v) is 6.74. The Morgan fingerprint density at radius 1 is 1.04 bits per heavy atom. The number of likely N-dealkylation sites (tertiary alicyclic amines) is 1. The van der Waals surface area contributed by atoms with Gasteiger partial charge >= 0.3 is 0 Å². The van der Waals surface area contributed by atoms with E-state index in [1.165, 1.54) is 23.2 Å². The van der Waals surface area contributed by atoms with Crippen LogP contribution in [0.5, 0.6) is 0 Å². The Bertz CT molecular complexity index is 1090. The number of hydrogen-bond donors (Lipinski definition) is 0. The lowest BCUT2D eigenvalue weighted by Crippen LogP contribution is -2.57. The fourth-order valence-electron chi connectivity index (χ4n) is 2.84. The molecule has 2 aromatic carbocycles. The van der Waals surface area contributed by atoms with Gasteiger partial charge in [0.2, 0.25) is 0 Å². The predicted molar refractivity (Wildman–Crippen MR) is 97.9 cm³/mol. The van der Waals surface area contributed by atoms with Crippen molar-refractivity contribution in [3.8, 4) is 0 Å². The number of sulfone groups is 1. The molecule has 1 fully saturated rings. The molecule has 0 radical (unpaired) electrons. The van der Waals surface area contributed by atoms with Crippen molar-refractivity contribution >= 4 is 38.4 Å². The van der Waals surface area contributed by atoms with Crippen LogP contribution in [0, 0.1) is 0 Å². The molecular formula is C18H14ClN3O3S. The fourth-order valence-corrected chi connectivity index (χ4v) is 4.62. The fraction of sp³-hybridized carbons (Fsp3) is 0.167. The molecule has 0 aliphatic carbocycles. The number of amides is 1. The molecule has 1 aliphatic heterocycles. The van der Waals surface area contributed by atoms with E-state index in [1.54, 1.807) is 18.2 Å². The van der Waals surface area contributed by atoms with Crippen LogP contribution in [0.15, 0.2) is 59.6 Å². The number of carbonyl (C=O) groups is 1. The van der Waals surface area contributed by atoms with Gasteiger partial charge in [-0.3, -0.25) is 9.78 Å². The van der Waals surface area contributed by atoms with Crippen LogP contribution in [0.1, 0.15) is 10.5 Å². The molecule has 1 aliphatic rings. The van der Waals surface area contributed by atoms with Gasteiger partial charge in [-0.25, -0.2) is 13.4 Å². The molecule has 0 bridgehead atoms. The first kappa shape index (κ1) is 16.9. The zero-order valence-electron chi connectivity index (χ0n) is 13.5. The van der Waals surface area contributed by atoms with E-state index in [2.05, 4.69) is 9.97 Å². The van der Waals surface area contributed by atoms with Gasteiger partial charge in [0.15, 0.2) is 9.84 Å². The van der Waals surface area contributed by atoms with Crippen molar-refractivity contribution in [2.24, 2.45) is 0 Å². The normalized spacial score (nSPS) is 15.0. The molecule has 1 amide bonds. The maximum atomic E-state index is 12.6. The van der Waals surface area contributed by atoms with Crippen molar-refractivity contribution in [1.29, 1.82) is 0 Å². The van der Waals surface area contributed by atoms with Crippen molar-refractivity contribution in [2.75, 3.05) is 13.1 Å². The van der Waals surface area contributed by atoms with Crippen LogP contribution in [-0.4, -0.2) is 47.5 Å². The minimum Gasteiger partial charge on any atom is -0.334 e. The minimum absolute atomic E-state index is 0.137.